The fourth-order valence-electron chi connectivity index (χ4n) is 1.82. The zero-order valence-corrected chi connectivity index (χ0v) is 13.0. The molecule has 20 heavy (non-hydrogen) atoms. The van der Waals surface area contributed by atoms with E-state index in [0.717, 1.165) is 0 Å². The van der Waals surface area contributed by atoms with Crippen molar-refractivity contribution in [3.8, 4) is 0 Å². The van der Waals surface area contributed by atoms with Crippen LogP contribution in [0.25, 0.3) is 0 Å². The number of carbonyl (C=O) groups excluding carboxylic acids is 1. The highest BCUT2D eigenvalue weighted by atomic mass is 79.9. The molecule has 0 bridgehead atoms. The summed E-state index contributed by atoms with van der Waals surface area (Å²) in [6.07, 6.45) is 0. The Bertz CT molecular complexity index is 648. The predicted octanol–water partition coefficient (Wildman–Crippen LogP) is 4.73. The van der Waals surface area contributed by atoms with Crippen molar-refractivity contribution in [2.75, 3.05) is 0 Å². The van der Waals surface area contributed by atoms with E-state index in [1.165, 1.54) is 6.07 Å². The van der Waals surface area contributed by atoms with Crippen LogP contribution in [-0.2, 0) is 0 Å². The monoisotopic (exact) mass is 355 g/mol. The fourth-order valence-corrected chi connectivity index (χ4v) is 2.32. The first-order valence-electron chi connectivity index (χ1n) is 5.99. The Kier molecular flexibility index (Phi) is 4.78. The number of amides is 1. The second kappa shape index (κ2) is 6.37. The third kappa shape index (κ3) is 3.38. The van der Waals surface area contributed by atoms with E-state index in [2.05, 4.69) is 21.2 Å². The first kappa shape index (κ1) is 15.0. The van der Waals surface area contributed by atoms with Gasteiger partial charge in [0.1, 0.15) is 5.82 Å². The maximum atomic E-state index is 13.6. The summed E-state index contributed by atoms with van der Waals surface area (Å²) in [5.41, 5.74) is 0.915. The van der Waals surface area contributed by atoms with Gasteiger partial charge in [-0.25, -0.2) is 4.39 Å². The molecule has 2 rings (SSSR count). The van der Waals surface area contributed by atoms with Crippen molar-refractivity contribution in [3.63, 3.8) is 0 Å². The second-order valence-corrected chi connectivity index (χ2v) is 5.61. The van der Waals surface area contributed by atoms with Gasteiger partial charge in [0.25, 0.3) is 5.91 Å². The molecule has 0 aliphatic carbocycles. The predicted molar refractivity (Wildman–Crippen MR) is 81.4 cm³/mol. The van der Waals surface area contributed by atoms with E-state index in [-0.39, 0.29) is 11.7 Å². The molecule has 104 valence electrons. The van der Waals surface area contributed by atoms with Gasteiger partial charge in [-0.1, -0.05) is 29.8 Å². The Balaban J connectivity index is 2.15. The number of benzene rings is 2. The molecule has 1 amide bonds. The Morgan fingerprint density at radius 1 is 1.30 bits per heavy atom. The lowest BCUT2D eigenvalue weighted by Crippen LogP contribution is -2.27. The molecule has 0 saturated carbocycles. The highest BCUT2D eigenvalue weighted by molar-refractivity contribution is 9.10. The normalized spacial score (nSPS) is 12.0. The third-order valence-electron chi connectivity index (χ3n) is 2.90. The molecule has 0 aliphatic heterocycles. The molecule has 1 atom stereocenters. The number of carbonyl (C=O) groups is 1. The average molecular weight is 357 g/mol. The molecule has 0 aliphatic rings. The number of rotatable bonds is 3. The van der Waals surface area contributed by atoms with Crippen molar-refractivity contribution in [1.82, 2.24) is 5.32 Å². The molecule has 0 radical (unpaired) electrons. The fraction of sp³-hybridized carbons (Fsp3) is 0.133. The van der Waals surface area contributed by atoms with Crippen LogP contribution in [0.4, 0.5) is 4.39 Å². The van der Waals surface area contributed by atoms with Gasteiger partial charge in [-0.05, 0) is 47.1 Å². The summed E-state index contributed by atoms with van der Waals surface area (Å²) in [5, 5.41) is 3.29. The lowest BCUT2D eigenvalue weighted by Gasteiger charge is -2.15. The molecule has 5 heteroatoms. The zero-order chi connectivity index (χ0) is 14.7. The van der Waals surface area contributed by atoms with E-state index in [9.17, 15) is 9.18 Å². The second-order valence-electron chi connectivity index (χ2n) is 4.35. The molecule has 0 heterocycles. The summed E-state index contributed by atoms with van der Waals surface area (Å²) in [5.74, 6) is -0.615. The number of nitrogens with one attached hydrogen (secondary N) is 1. The van der Waals surface area contributed by atoms with Gasteiger partial charge in [-0.15, -0.1) is 0 Å². The average Bonchev–Trinajstić information content (AvgIpc) is 2.42. The summed E-state index contributed by atoms with van der Waals surface area (Å²) >= 11 is 9.14. The summed E-state index contributed by atoms with van der Waals surface area (Å²) in [6.45, 7) is 1.74. The van der Waals surface area contributed by atoms with E-state index in [4.69, 9.17) is 11.6 Å². The zero-order valence-electron chi connectivity index (χ0n) is 10.7. The minimum atomic E-state index is -0.418. The topological polar surface area (TPSA) is 29.1 Å². The van der Waals surface area contributed by atoms with E-state index < -0.39 is 6.04 Å². The molecule has 2 nitrogen and oxygen atoms in total. The van der Waals surface area contributed by atoms with Gasteiger partial charge in [-0.3, -0.25) is 4.79 Å². The molecular weight excluding hydrogens is 345 g/mol. The van der Waals surface area contributed by atoms with Crippen molar-refractivity contribution in [1.29, 1.82) is 0 Å². The number of hydrogen-bond donors (Lipinski definition) is 1. The third-order valence-corrected chi connectivity index (χ3v) is 4.12. The van der Waals surface area contributed by atoms with Crippen LogP contribution < -0.4 is 5.32 Å². The lowest BCUT2D eigenvalue weighted by atomic mass is 10.1. The van der Waals surface area contributed by atoms with Gasteiger partial charge in [0, 0.05) is 15.6 Å². The largest absolute Gasteiger partial charge is 0.345 e. The van der Waals surface area contributed by atoms with Crippen LogP contribution >= 0.6 is 27.5 Å². The SMILES string of the molecule is CC(NC(=O)c1ccc(Cl)c(Br)c1)c1ccccc1F. The van der Waals surface area contributed by atoms with Crippen LogP contribution in [0.2, 0.25) is 5.02 Å². The molecule has 1 unspecified atom stereocenters. The first-order valence-corrected chi connectivity index (χ1v) is 7.16. The van der Waals surface area contributed by atoms with Crippen LogP contribution in [0.5, 0.6) is 0 Å². The lowest BCUT2D eigenvalue weighted by molar-refractivity contribution is 0.0939. The molecule has 2 aromatic carbocycles. The van der Waals surface area contributed by atoms with Crippen LogP contribution in [0.3, 0.4) is 0 Å². The van der Waals surface area contributed by atoms with Crippen molar-refractivity contribution in [3.05, 3.63) is 68.9 Å². The summed E-state index contributed by atoms with van der Waals surface area (Å²) in [7, 11) is 0. The molecule has 0 spiro atoms. The minimum absolute atomic E-state index is 0.280. The van der Waals surface area contributed by atoms with Gasteiger partial charge < -0.3 is 5.32 Å². The summed E-state index contributed by atoms with van der Waals surface area (Å²) < 4.78 is 14.3. The van der Waals surface area contributed by atoms with E-state index in [1.54, 1.807) is 43.3 Å². The van der Waals surface area contributed by atoms with Gasteiger partial charge >= 0.3 is 0 Å². The summed E-state index contributed by atoms with van der Waals surface area (Å²) in [6, 6.07) is 10.8. The first-order chi connectivity index (χ1) is 9.49. The molecule has 1 N–H and O–H groups in total. The van der Waals surface area contributed by atoms with Crippen molar-refractivity contribution in [2.45, 2.75) is 13.0 Å². The van der Waals surface area contributed by atoms with Gasteiger partial charge in [-0.2, -0.15) is 0 Å². The van der Waals surface area contributed by atoms with E-state index >= 15 is 0 Å². The maximum absolute atomic E-state index is 13.6. The van der Waals surface area contributed by atoms with E-state index in [1.807, 2.05) is 0 Å². The molecule has 2 aromatic rings. The minimum Gasteiger partial charge on any atom is -0.345 e. The smallest absolute Gasteiger partial charge is 0.251 e. The number of halogens is 3. The quantitative estimate of drug-likeness (QED) is 0.846. The standard InChI is InChI=1S/C15H12BrClFNO/c1-9(11-4-2-3-5-14(11)18)19-15(20)10-6-7-13(17)12(16)8-10/h2-9H,1H3,(H,19,20). The Labute approximate surface area is 130 Å². The number of hydrogen-bond acceptors (Lipinski definition) is 1. The van der Waals surface area contributed by atoms with Crippen LogP contribution in [-0.4, -0.2) is 5.91 Å². The van der Waals surface area contributed by atoms with Crippen molar-refractivity contribution >= 4 is 33.4 Å². The molecular formula is C15H12BrClFNO. The van der Waals surface area contributed by atoms with Gasteiger partial charge in [0.2, 0.25) is 0 Å². The van der Waals surface area contributed by atoms with E-state index in [0.29, 0.717) is 20.6 Å². The molecule has 0 saturated heterocycles. The van der Waals surface area contributed by atoms with Gasteiger partial charge in [0.05, 0.1) is 11.1 Å². The molecule has 0 aromatic heterocycles. The Hall–Kier alpha value is -1.39. The van der Waals surface area contributed by atoms with Crippen molar-refractivity contribution < 1.29 is 9.18 Å². The van der Waals surface area contributed by atoms with Crippen LogP contribution in [0, 0.1) is 5.82 Å². The summed E-state index contributed by atoms with van der Waals surface area (Å²) in [4.78, 5) is 12.1. The highest BCUT2D eigenvalue weighted by Crippen LogP contribution is 2.24. The maximum Gasteiger partial charge on any atom is 0.251 e. The molecule has 0 fully saturated rings. The van der Waals surface area contributed by atoms with Gasteiger partial charge in [0.15, 0.2) is 0 Å². The highest BCUT2D eigenvalue weighted by Gasteiger charge is 2.14. The van der Waals surface area contributed by atoms with Crippen LogP contribution in [0.15, 0.2) is 46.9 Å². The Morgan fingerprint density at radius 2 is 2.00 bits per heavy atom. The Morgan fingerprint density at radius 3 is 2.65 bits per heavy atom. The van der Waals surface area contributed by atoms with Crippen LogP contribution in [0.1, 0.15) is 28.9 Å². The van der Waals surface area contributed by atoms with Crippen molar-refractivity contribution in [2.24, 2.45) is 0 Å².